The van der Waals surface area contributed by atoms with Crippen LogP contribution < -0.4 is 10.2 Å². The Kier molecular flexibility index (Phi) is 3.76. The lowest BCUT2D eigenvalue weighted by atomic mass is 10.0. The third kappa shape index (κ3) is 2.45. The molecule has 3 heterocycles. The normalized spacial score (nSPS) is 26.1. The molecule has 1 aromatic heterocycles. The first-order valence-corrected chi connectivity index (χ1v) is 7.34. The van der Waals surface area contributed by atoms with Crippen LogP contribution in [0.15, 0.2) is 12.3 Å². The molecule has 2 saturated heterocycles. The van der Waals surface area contributed by atoms with Crippen molar-refractivity contribution in [1.82, 2.24) is 10.3 Å². The maximum atomic E-state index is 11.2. The van der Waals surface area contributed by atoms with E-state index in [1.165, 1.54) is 18.7 Å². The molecule has 2 aliphatic heterocycles. The number of pyridine rings is 1. The van der Waals surface area contributed by atoms with Crippen molar-refractivity contribution in [2.45, 2.75) is 37.8 Å². The van der Waals surface area contributed by atoms with Gasteiger partial charge in [0.1, 0.15) is 0 Å². The Hall–Kier alpha value is -1.40. The second-order valence-electron chi connectivity index (χ2n) is 5.36. The fourth-order valence-corrected chi connectivity index (χ4v) is 3.44. The van der Waals surface area contributed by atoms with E-state index in [0.29, 0.717) is 22.9 Å². The molecule has 2 atom stereocenters. The van der Waals surface area contributed by atoms with Crippen molar-refractivity contribution >= 4 is 23.1 Å². The van der Waals surface area contributed by atoms with Crippen LogP contribution in [0.4, 0.5) is 11.5 Å². The topological polar surface area (TPSA) is 71.3 Å². The largest absolute Gasteiger partial charge is 0.346 e. The molecular weight excluding hydrogens is 280 g/mol. The Morgan fingerprint density at radius 1 is 1.45 bits per heavy atom. The number of anilines is 1. The Bertz CT molecular complexity index is 519. The van der Waals surface area contributed by atoms with Gasteiger partial charge in [0.25, 0.3) is 0 Å². The van der Waals surface area contributed by atoms with Crippen LogP contribution in [0.5, 0.6) is 0 Å². The number of aromatic nitrogens is 1. The monoisotopic (exact) mass is 296 g/mol. The van der Waals surface area contributed by atoms with Crippen molar-refractivity contribution in [1.29, 1.82) is 0 Å². The van der Waals surface area contributed by atoms with Crippen molar-refractivity contribution in [3.63, 3.8) is 0 Å². The SMILES string of the molecule is O=[N+]([O-])c1cc(Cl)cnc1N1CCCC1C1CCCN1. The summed E-state index contributed by atoms with van der Waals surface area (Å²) < 4.78 is 0. The number of nitrogens with zero attached hydrogens (tertiary/aromatic N) is 3. The van der Waals surface area contributed by atoms with Gasteiger partial charge in [-0.25, -0.2) is 4.98 Å². The summed E-state index contributed by atoms with van der Waals surface area (Å²) in [6, 6.07) is 2.10. The second kappa shape index (κ2) is 5.54. The summed E-state index contributed by atoms with van der Waals surface area (Å²) in [5.74, 6) is 0.454. The molecule has 0 aliphatic carbocycles. The molecule has 2 unspecified atom stereocenters. The van der Waals surface area contributed by atoms with Gasteiger partial charge >= 0.3 is 5.69 Å². The van der Waals surface area contributed by atoms with E-state index in [4.69, 9.17) is 11.6 Å². The maximum Gasteiger partial charge on any atom is 0.313 e. The average molecular weight is 297 g/mol. The summed E-state index contributed by atoms with van der Waals surface area (Å²) in [6.45, 7) is 1.85. The third-order valence-corrected chi connectivity index (χ3v) is 4.35. The molecule has 0 radical (unpaired) electrons. The zero-order chi connectivity index (χ0) is 14.1. The number of halogens is 1. The van der Waals surface area contributed by atoms with E-state index in [1.54, 1.807) is 0 Å². The first-order valence-electron chi connectivity index (χ1n) is 6.97. The van der Waals surface area contributed by atoms with Gasteiger partial charge in [-0.1, -0.05) is 11.6 Å². The Morgan fingerprint density at radius 3 is 3.00 bits per heavy atom. The molecule has 3 rings (SSSR count). The number of hydrogen-bond acceptors (Lipinski definition) is 5. The van der Waals surface area contributed by atoms with Gasteiger partial charge < -0.3 is 10.2 Å². The molecule has 0 bridgehead atoms. The molecule has 1 aromatic rings. The van der Waals surface area contributed by atoms with E-state index >= 15 is 0 Å². The lowest BCUT2D eigenvalue weighted by molar-refractivity contribution is -0.384. The molecule has 0 spiro atoms. The quantitative estimate of drug-likeness (QED) is 0.685. The first kappa shape index (κ1) is 13.6. The van der Waals surface area contributed by atoms with Gasteiger partial charge in [0.2, 0.25) is 5.82 Å². The van der Waals surface area contributed by atoms with Crippen LogP contribution in [0.25, 0.3) is 0 Å². The highest BCUT2D eigenvalue weighted by Gasteiger charge is 2.36. The van der Waals surface area contributed by atoms with Gasteiger partial charge in [-0.3, -0.25) is 10.1 Å². The van der Waals surface area contributed by atoms with Crippen molar-refractivity contribution in [2.24, 2.45) is 0 Å². The zero-order valence-electron chi connectivity index (χ0n) is 11.1. The molecule has 1 N–H and O–H groups in total. The highest BCUT2D eigenvalue weighted by Crippen LogP contribution is 2.35. The Labute approximate surface area is 122 Å². The first-order chi connectivity index (χ1) is 9.66. The van der Waals surface area contributed by atoms with Gasteiger partial charge in [-0.2, -0.15) is 0 Å². The molecule has 2 aliphatic rings. The third-order valence-electron chi connectivity index (χ3n) is 4.14. The van der Waals surface area contributed by atoms with E-state index in [-0.39, 0.29) is 5.69 Å². The maximum absolute atomic E-state index is 11.2. The number of nitro groups is 1. The lowest BCUT2D eigenvalue weighted by Gasteiger charge is -2.30. The van der Waals surface area contributed by atoms with Crippen LogP contribution in [0, 0.1) is 10.1 Å². The van der Waals surface area contributed by atoms with Crippen molar-refractivity contribution < 1.29 is 4.92 Å². The number of rotatable bonds is 3. The van der Waals surface area contributed by atoms with Gasteiger partial charge in [-0.15, -0.1) is 0 Å². The molecule has 108 valence electrons. The van der Waals surface area contributed by atoms with Crippen molar-refractivity contribution in [2.75, 3.05) is 18.0 Å². The molecular formula is C13H17ClN4O2. The predicted molar refractivity (Wildman–Crippen MR) is 77.3 cm³/mol. The average Bonchev–Trinajstić information content (AvgIpc) is 3.09. The second-order valence-corrected chi connectivity index (χ2v) is 5.80. The summed E-state index contributed by atoms with van der Waals surface area (Å²) in [5.41, 5.74) is 0.00222. The van der Waals surface area contributed by atoms with Crippen LogP contribution >= 0.6 is 11.6 Å². The molecule has 6 nitrogen and oxygen atoms in total. The number of hydrogen-bond donors (Lipinski definition) is 1. The summed E-state index contributed by atoms with van der Waals surface area (Å²) in [7, 11) is 0. The van der Waals surface area contributed by atoms with Crippen LogP contribution in [-0.2, 0) is 0 Å². The summed E-state index contributed by atoms with van der Waals surface area (Å²) in [4.78, 5) is 17.1. The molecule has 7 heteroatoms. The van der Waals surface area contributed by atoms with Gasteiger partial charge in [-0.05, 0) is 32.2 Å². The smallest absolute Gasteiger partial charge is 0.313 e. The van der Waals surface area contributed by atoms with Crippen LogP contribution in [0.2, 0.25) is 5.02 Å². The van der Waals surface area contributed by atoms with Crippen LogP contribution in [0.1, 0.15) is 25.7 Å². The number of nitrogens with one attached hydrogen (secondary N) is 1. The summed E-state index contributed by atoms with van der Waals surface area (Å²) in [6.07, 6.45) is 5.89. The van der Waals surface area contributed by atoms with Gasteiger partial charge in [0.05, 0.1) is 9.95 Å². The minimum absolute atomic E-state index is 0.00222. The molecule has 20 heavy (non-hydrogen) atoms. The predicted octanol–water partition coefficient (Wildman–Crippen LogP) is 2.36. The fraction of sp³-hybridized carbons (Fsp3) is 0.615. The highest BCUT2D eigenvalue weighted by molar-refractivity contribution is 6.30. The van der Waals surface area contributed by atoms with Gasteiger partial charge in [0.15, 0.2) is 0 Å². The van der Waals surface area contributed by atoms with E-state index in [0.717, 1.165) is 32.4 Å². The van der Waals surface area contributed by atoms with Crippen molar-refractivity contribution in [3.8, 4) is 0 Å². The van der Waals surface area contributed by atoms with Gasteiger partial charge in [0, 0.05) is 30.9 Å². The van der Waals surface area contributed by atoms with E-state index in [2.05, 4.69) is 15.2 Å². The van der Waals surface area contributed by atoms with E-state index in [1.807, 2.05) is 0 Å². The minimum Gasteiger partial charge on any atom is -0.346 e. The van der Waals surface area contributed by atoms with E-state index < -0.39 is 4.92 Å². The van der Waals surface area contributed by atoms with Crippen LogP contribution in [0.3, 0.4) is 0 Å². The standard InChI is InChI=1S/C13H17ClN4O2/c14-9-7-12(18(19)20)13(16-8-9)17-6-2-4-11(17)10-3-1-5-15-10/h7-8,10-11,15H,1-6H2. The fourth-order valence-electron chi connectivity index (χ4n) is 3.29. The Balaban J connectivity index is 1.92. The van der Waals surface area contributed by atoms with Crippen molar-refractivity contribution in [3.05, 3.63) is 27.4 Å². The summed E-state index contributed by atoms with van der Waals surface area (Å²) in [5, 5.41) is 15.0. The molecule has 0 aromatic carbocycles. The van der Waals surface area contributed by atoms with E-state index in [9.17, 15) is 10.1 Å². The molecule has 2 fully saturated rings. The molecule has 0 amide bonds. The minimum atomic E-state index is -0.397. The molecule has 0 saturated carbocycles. The van der Waals surface area contributed by atoms with Crippen LogP contribution in [-0.4, -0.2) is 35.1 Å². The Morgan fingerprint density at radius 2 is 2.30 bits per heavy atom. The highest BCUT2D eigenvalue weighted by atomic mass is 35.5. The summed E-state index contributed by atoms with van der Waals surface area (Å²) >= 11 is 5.83. The lowest BCUT2D eigenvalue weighted by Crippen LogP contribution is -2.44. The zero-order valence-corrected chi connectivity index (χ0v) is 11.8.